The first kappa shape index (κ1) is 12.9. The van der Waals surface area contributed by atoms with Crippen LogP contribution in [0.3, 0.4) is 0 Å². The molecule has 0 aliphatic carbocycles. The van der Waals surface area contributed by atoms with Crippen LogP contribution in [-0.2, 0) is 4.74 Å². The van der Waals surface area contributed by atoms with Crippen LogP contribution in [0.1, 0.15) is 27.7 Å². The summed E-state index contributed by atoms with van der Waals surface area (Å²) in [4.78, 5) is 2.50. The van der Waals surface area contributed by atoms with E-state index in [9.17, 15) is 0 Å². The molecule has 90 valence electrons. The minimum absolute atomic E-state index is 0.316. The average Bonchev–Trinajstić information content (AvgIpc) is 2.12. The molecular formula is C12H26N2O. The van der Waals surface area contributed by atoms with Crippen LogP contribution in [-0.4, -0.2) is 50.3 Å². The molecule has 1 aliphatic rings. The highest BCUT2D eigenvalue weighted by Gasteiger charge is 2.27. The molecule has 0 aromatic carbocycles. The van der Waals surface area contributed by atoms with Gasteiger partial charge in [-0.25, -0.2) is 0 Å². The van der Waals surface area contributed by atoms with Crippen molar-refractivity contribution in [3.8, 4) is 0 Å². The second-order valence-electron chi connectivity index (χ2n) is 5.65. The van der Waals surface area contributed by atoms with Gasteiger partial charge in [-0.05, 0) is 19.4 Å². The molecule has 1 rings (SSSR count). The molecule has 15 heavy (non-hydrogen) atoms. The Morgan fingerprint density at radius 1 is 1.47 bits per heavy atom. The highest BCUT2D eigenvalue weighted by atomic mass is 16.5. The number of rotatable bonds is 3. The summed E-state index contributed by atoms with van der Waals surface area (Å²) in [7, 11) is 2.06. The molecule has 0 bridgehead atoms. The monoisotopic (exact) mass is 214 g/mol. The van der Waals surface area contributed by atoms with E-state index < -0.39 is 0 Å². The number of morpholine rings is 1. The van der Waals surface area contributed by atoms with E-state index in [1.807, 2.05) is 0 Å². The molecule has 3 nitrogen and oxygen atoms in total. The Hall–Kier alpha value is -0.120. The van der Waals surface area contributed by atoms with Crippen LogP contribution in [0.5, 0.6) is 0 Å². The van der Waals surface area contributed by atoms with E-state index in [2.05, 4.69) is 45.0 Å². The first-order valence-electron chi connectivity index (χ1n) is 5.94. The maximum Gasteiger partial charge on any atom is 0.0674 e. The molecular weight excluding hydrogens is 188 g/mol. The van der Waals surface area contributed by atoms with Gasteiger partial charge in [0.05, 0.1) is 12.7 Å². The molecule has 0 saturated carbocycles. The summed E-state index contributed by atoms with van der Waals surface area (Å²) in [6, 6.07) is 0.544. The van der Waals surface area contributed by atoms with Gasteiger partial charge in [-0.2, -0.15) is 0 Å². The first-order chi connectivity index (χ1) is 6.93. The molecule has 1 heterocycles. The molecule has 2 atom stereocenters. The summed E-state index contributed by atoms with van der Waals surface area (Å²) < 4.78 is 5.55. The van der Waals surface area contributed by atoms with Crippen molar-refractivity contribution in [3.05, 3.63) is 0 Å². The summed E-state index contributed by atoms with van der Waals surface area (Å²) in [6.07, 6.45) is 0.385. The van der Waals surface area contributed by atoms with E-state index in [4.69, 9.17) is 4.74 Å². The van der Waals surface area contributed by atoms with Crippen LogP contribution >= 0.6 is 0 Å². The fourth-order valence-corrected chi connectivity index (χ4v) is 2.11. The molecule has 0 radical (unpaired) electrons. The van der Waals surface area contributed by atoms with Crippen LogP contribution in [0, 0.1) is 5.41 Å². The maximum atomic E-state index is 5.55. The smallest absolute Gasteiger partial charge is 0.0674 e. The van der Waals surface area contributed by atoms with Gasteiger partial charge < -0.3 is 10.1 Å². The molecule has 1 saturated heterocycles. The summed E-state index contributed by atoms with van der Waals surface area (Å²) in [6.45, 7) is 13.1. The topological polar surface area (TPSA) is 24.5 Å². The summed E-state index contributed by atoms with van der Waals surface area (Å²) in [5, 5.41) is 3.42. The fourth-order valence-electron chi connectivity index (χ4n) is 2.11. The number of likely N-dealkylation sites (N-methyl/N-ethyl adjacent to an activating group) is 1. The van der Waals surface area contributed by atoms with Gasteiger partial charge >= 0.3 is 0 Å². The molecule has 0 spiro atoms. The van der Waals surface area contributed by atoms with Crippen molar-refractivity contribution < 1.29 is 4.74 Å². The lowest BCUT2D eigenvalue weighted by molar-refractivity contribution is -0.0248. The minimum Gasteiger partial charge on any atom is -0.376 e. The van der Waals surface area contributed by atoms with Crippen LogP contribution in [0.25, 0.3) is 0 Å². The Morgan fingerprint density at radius 3 is 2.60 bits per heavy atom. The van der Waals surface area contributed by atoms with Gasteiger partial charge in [0.15, 0.2) is 0 Å². The number of hydrogen-bond donors (Lipinski definition) is 1. The summed E-state index contributed by atoms with van der Waals surface area (Å²) in [5.41, 5.74) is 0.316. The van der Waals surface area contributed by atoms with E-state index in [1.54, 1.807) is 0 Å². The van der Waals surface area contributed by atoms with E-state index in [0.29, 0.717) is 17.6 Å². The average molecular weight is 214 g/mol. The van der Waals surface area contributed by atoms with Crippen LogP contribution in [0.2, 0.25) is 0 Å². The third kappa shape index (κ3) is 4.09. The van der Waals surface area contributed by atoms with Crippen molar-refractivity contribution >= 4 is 0 Å². The Kier molecular flexibility index (Phi) is 4.56. The summed E-state index contributed by atoms with van der Waals surface area (Å²) >= 11 is 0. The number of hydrogen-bond acceptors (Lipinski definition) is 3. The highest BCUT2D eigenvalue weighted by molar-refractivity contribution is 4.83. The third-order valence-electron chi connectivity index (χ3n) is 3.16. The van der Waals surface area contributed by atoms with Gasteiger partial charge in [-0.3, -0.25) is 4.90 Å². The zero-order valence-corrected chi connectivity index (χ0v) is 10.8. The lowest BCUT2D eigenvalue weighted by atomic mass is 9.86. The van der Waals surface area contributed by atoms with E-state index >= 15 is 0 Å². The van der Waals surface area contributed by atoms with Gasteiger partial charge in [0.25, 0.3) is 0 Å². The van der Waals surface area contributed by atoms with Crippen LogP contribution in [0.4, 0.5) is 0 Å². The number of ether oxygens (including phenoxy) is 1. The molecule has 0 aromatic heterocycles. The molecule has 0 amide bonds. The first-order valence-corrected chi connectivity index (χ1v) is 5.94. The molecule has 1 N–H and O–H groups in total. The lowest BCUT2D eigenvalue weighted by Crippen LogP contribution is -2.51. The van der Waals surface area contributed by atoms with E-state index in [0.717, 1.165) is 26.2 Å². The number of nitrogens with one attached hydrogen (secondary N) is 1. The predicted octanol–water partition coefficient (Wildman–Crippen LogP) is 1.34. The van der Waals surface area contributed by atoms with Gasteiger partial charge in [0, 0.05) is 25.7 Å². The minimum atomic E-state index is 0.316. The van der Waals surface area contributed by atoms with Gasteiger partial charge in [0.1, 0.15) is 0 Å². The van der Waals surface area contributed by atoms with Crippen LogP contribution < -0.4 is 5.32 Å². The Balaban J connectivity index is 2.44. The Bertz CT molecular complexity index is 189. The van der Waals surface area contributed by atoms with Crippen molar-refractivity contribution in [2.45, 2.75) is 39.8 Å². The summed E-state index contributed by atoms with van der Waals surface area (Å²) in [5.74, 6) is 0. The predicted molar refractivity (Wildman–Crippen MR) is 64.2 cm³/mol. The van der Waals surface area contributed by atoms with Gasteiger partial charge in [0.2, 0.25) is 0 Å². The van der Waals surface area contributed by atoms with Crippen molar-refractivity contribution in [1.29, 1.82) is 0 Å². The van der Waals surface area contributed by atoms with Crippen molar-refractivity contribution in [2.24, 2.45) is 5.41 Å². The molecule has 2 unspecified atom stereocenters. The standard InChI is InChI=1S/C12H26N2O/c1-10-8-14(6-7-15-10)9-11(13-5)12(2,3)4/h10-11,13H,6-9H2,1-5H3. The van der Waals surface area contributed by atoms with E-state index in [1.165, 1.54) is 0 Å². The van der Waals surface area contributed by atoms with Gasteiger partial charge in [-0.15, -0.1) is 0 Å². The zero-order chi connectivity index (χ0) is 11.5. The van der Waals surface area contributed by atoms with Gasteiger partial charge in [-0.1, -0.05) is 20.8 Å². The Labute approximate surface area is 94.2 Å². The zero-order valence-electron chi connectivity index (χ0n) is 10.8. The molecule has 3 heteroatoms. The quantitative estimate of drug-likeness (QED) is 0.767. The van der Waals surface area contributed by atoms with E-state index in [-0.39, 0.29) is 0 Å². The highest BCUT2D eigenvalue weighted by Crippen LogP contribution is 2.20. The third-order valence-corrected chi connectivity index (χ3v) is 3.16. The van der Waals surface area contributed by atoms with Crippen molar-refractivity contribution in [1.82, 2.24) is 10.2 Å². The SMILES string of the molecule is CNC(CN1CCOC(C)C1)C(C)(C)C. The van der Waals surface area contributed by atoms with Crippen molar-refractivity contribution in [2.75, 3.05) is 33.3 Å². The number of nitrogens with zero attached hydrogens (tertiary/aromatic N) is 1. The lowest BCUT2D eigenvalue weighted by Gasteiger charge is -2.38. The normalized spacial score (nSPS) is 26.6. The fraction of sp³-hybridized carbons (Fsp3) is 1.00. The molecule has 1 aliphatic heterocycles. The molecule has 1 fully saturated rings. The van der Waals surface area contributed by atoms with Crippen molar-refractivity contribution in [3.63, 3.8) is 0 Å². The second-order valence-corrected chi connectivity index (χ2v) is 5.65. The largest absolute Gasteiger partial charge is 0.376 e. The molecule has 0 aromatic rings. The Morgan fingerprint density at radius 2 is 2.13 bits per heavy atom. The second kappa shape index (κ2) is 5.28. The maximum absolute atomic E-state index is 5.55. The van der Waals surface area contributed by atoms with Crippen LogP contribution in [0.15, 0.2) is 0 Å².